The quantitative estimate of drug-likeness (QED) is 0.880. The molecule has 0 aromatic heterocycles. The zero-order chi connectivity index (χ0) is 16.1. The number of nitrogens with one attached hydrogen (secondary N) is 2. The summed E-state index contributed by atoms with van der Waals surface area (Å²) in [5.41, 5.74) is 0.923. The Bertz CT molecular complexity index is 566. The highest BCUT2D eigenvalue weighted by Crippen LogP contribution is 2.30. The lowest BCUT2D eigenvalue weighted by Gasteiger charge is -2.35. The van der Waals surface area contributed by atoms with Gasteiger partial charge in [0.25, 0.3) is 0 Å². The third-order valence-corrected chi connectivity index (χ3v) is 4.07. The van der Waals surface area contributed by atoms with Crippen LogP contribution in [0.4, 0.5) is 5.69 Å². The van der Waals surface area contributed by atoms with Gasteiger partial charge in [0.15, 0.2) is 0 Å². The molecule has 1 saturated heterocycles. The Morgan fingerprint density at radius 3 is 2.82 bits per heavy atom. The van der Waals surface area contributed by atoms with Gasteiger partial charge in [-0.1, -0.05) is 23.2 Å². The molecule has 1 fully saturated rings. The fourth-order valence-electron chi connectivity index (χ4n) is 2.53. The number of anilines is 1. The van der Waals surface area contributed by atoms with Crippen molar-refractivity contribution < 1.29 is 9.59 Å². The largest absolute Gasteiger partial charge is 0.368 e. The van der Waals surface area contributed by atoms with Crippen LogP contribution in [0.2, 0.25) is 10.0 Å². The SMILES string of the molecule is CC(=O)NCC(=O)N[C@H]1CCCN(c2ccc(Cl)cc2Cl)C1. The molecule has 7 heteroatoms. The molecule has 120 valence electrons. The van der Waals surface area contributed by atoms with E-state index in [2.05, 4.69) is 15.5 Å². The summed E-state index contributed by atoms with van der Waals surface area (Å²) in [7, 11) is 0. The van der Waals surface area contributed by atoms with E-state index < -0.39 is 0 Å². The van der Waals surface area contributed by atoms with Gasteiger partial charge >= 0.3 is 0 Å². The normalized spacial score (nSPS) is 18.0. The van der Waals surface area contributed by atoms with Crippen LogP contribution in [-0.2, 0) is 9.59 Å². The lowest BCUT2D eigenvalue weighted by Crippen LogP contribution is -2.50. The molecule has 1 aromatic carbocycles. The van der Waals surface area contributed by atoms with Crippen molar-refractivity contribution in [2.75, 3.05) is 24.5 Å². The molecular formula is C15H19Cl2N3O2. The van der Waals surface area contributed by atoms with Crippen molar-refractivity contribution in [3.63, 3.8) is 0 Å². The summed E-state index contributed by atoms with van der Waals surface area (Å²) in [5, 5.41) is 6.64. The maximum Gasteiger partial charge on any atom is 0.239 e. The molecule has 0 bridgehead atoms. The fourth-order valence-corrected chi connectivity index (χ4v) is 3.06. The van der Waals surface area contributed by atoms with E-state index in [9.17, 15) is 9.59 Å². The number of carbonyl (C=O) groups excluding carboxylic acids is 2. The Balaban J connectivity index is 1.94. The van der Waals surface area contributed by atoms with Crippen LogP contribution in [-0.4, -0.2) is 37.5 Å². The molecule has 5 nitrogen and oxygen atoms in total. The van der Waals surface area contributed by atoms with Crippen molar-refractivity contribution in [1.82, 2.24) is 10.6 Å². The second kappa shape index (κ2) is 7.70. The molecule has 1 aromatic rings. The van der Waals surface area contributed by atoms with E-state index in [1.165, 1.54) is 6.92 Å². The molecule has 2 amide bonds. The van der Waals surface area contributed by atoms with E-state index in [4.69, 9.17) is 23.2 Å². The van der Waals surface area contributed by atoms with Gasteiger partial charge in [-0.25, -0.2) is 0 Å². The number of hydrogen-bond donors (Lipinski definition) is 2. The van der Waals surface area contributed by atoms with E-state index in [1.807, 2.05) is 12.1 Å². The third-order valence-electron chi connectivity index (χ3n) is 3.53. The Morgan fingerprint density at radius 2 is 2.14 bits per heavy atom. The molecule has 22 heavy (non-hydrogen) atoms. The van der Waals surface area contributed by atoms with Crippen molar-refractivity contribution in [2.24, 2.45) is 0 Å². The van der Waals surface area contributed by atoms with Crippen LogP contribution < -0.4 is 15.5 Å². The molecule has 1 atom stereocenters. The number of halogens is 2. The average molecular weight is 344 g/mol. The molecule has 0 spiro atoms. The summed E-state index contributed by atoms with van der Waals surface area (Å²) in [5.74, 6) is -0.391. The minimum atomic E-state index is -0.214. The summed E-state index contributed by atoms with van der Waals surface area (Å²) >= 11 is 12.2. The Hall–Kier alpha value is -1.46. The van der Waals surface area contributed by atoms with Crippen molar-refractivity contribution in [3.05, 3.63) is 28.2 Å². The summed E-state index contributed by atoms with van der Waals surface area (Å²) in [6, 6.07) is 5.47. The standard InChI is InChI=1S/C15H19Cl2N3O2/c1-10(21)18-8-15(22)19-12-3-2-6-20(9-12)14-5-4-11(16)7-13(14)17/h4-5,7,12H,2-3,6,8-9H2,1H3,(H,18,21)(H,19,22)/t12-/m0/s1. The number of benzene rings is 1. The van der Waals surface area contributed by atoms with E-state index in [0.29, 0.717) is 16.6 Å². The smallest absolute Gasteiger partial charge is 0.239 e. The first-order valence-electron chi connectivity index (χ1n) is 7.19. The lowest BCUT2D eigenvalue weighted by molar-refractivity contribution is -0.125. The third kappa shape index (κ3) is 4.78. The summed E-state index contributed by atoms with van der Waals surface area (Å²) < 4.78 is 0. The summed E-state index contributed by atoms with van der Waals surface area (Å²) in [6.07, 6.45) is 1.87. The highest BCUT2D eigenvalue weighted by molar-refractivity contribution is 6.36. The van der Waals surface area contributed by atoms with Gasteiger partial charge in [-0.05, 0) is 31.0 Å². The average Bonchev–Trinajstić information content (AvgIpc) is 2.45. The topological polar surface area (TPSA) is 61.4 Å². The van der Waals surface area contributed by atoms with E-state index in [1.54, 1.807) is 6.07 Å². The van der Waals surface area contributed by atoms with Gasteiger partial charge < -0.3 is 15.5 Å². The number of rotatable bonds is 4. The Kier molecular flexibility index (Phi) is 5.91. The first-order valence-corrected chi connectivity index (χ1v) is 7.95. The number of amides is 2. The molecular weight excluding hydrogens is 325 g/mol. The van der Waals surface area contributed by atoms with Crippen LogP contribution >= 0.6 is 23.2 Å². The van der Waals surface area contributed by atoms with Crippen molar-refractivity contribution in [3.8, 4) is 0 Å². The zero-order valence-corrected chi connectivity index (χ0v) is 13.9. The van der Waals surface area contributed by atoms with Gasteiger partial charge in [0.1, 0.15) is 0 Å². The molecule has 1 aliphatic rings. The highest BCUT2D eigenvalue weighted by Gasteiger charge is 2.22. The predicted octanol–water partition coefficient (Wildman–Crippen LogP) is 2.21. The second-order valence-corrected chi connectivity index (χ2v) is 6.20. The first-order chi connectivity index (χ1) is 10.5. The van der Waals surface area contributed by atoms with Gasteiger partial charge in [-0.15, -0.1) is 0 Å². The second-order valence-electron chi connectivity index (χ2n) is 5.36. The Morgan fingerprint density at radius 1 is 1.36 bits per heavy atom. The molecule has 2 N–H and O–H groups in total. The first kappa shape index (κ1) is 16.9. The summed E-state index contributed by atoms with van der Waals surface area (Å²) in [4.78, 5) is 24.7. The van der Waals surface area contributed by atoms with Gasteiger partial charge in [0.2, 0.25) is 11.8 Å². The number of nitrogens with zero attached hydrogens (tertiary/aromatic N) is 1. The molecule has 2 rings (SSSR count). The minimum absolute atomic E-state index is 0.00747. The molecule has 1 heterocycles. The van der Waals surface area contributed by atoms with Crippen LogP contribution in [0.1, 0.15) is 19.8 Å². The highest BCUT2D eigenvalue weighted by atomic mass is 35.5. The zero-order valence-electron chi connectivity index (χ0n) is 12.4. The van der Waals surface area contributed by atoms with Crippen molar-refractivity contribution in [2.45, 2.75) is 25.8 Å². The number of piperidine rings is 1. The molecule has 0 aliphatic carbocycles. The minimum Gasteiger partial charge on any atom is -0.368 e. The Labute approximate surface area is 139 Å². The maximum atomic E-state index is 11.8. The van der Waals surface area contributed by atoms with Crippen molar-refractivity contribution >= 4 is 40.7 Å². The maximum absolute atomic E-state index is 11.8. The number of hydrogen-bond acceptors (Lipinski definition) is 3. The van der Waals surface area contributed by atoms with Crippen LogP contribution in [0.15, 0.2) is 18.2 Å². The van der Waals surface area contributed by atoms with Crippen LogP contribution in [0.3, 0.4) is 0 Å². The van der Waals surface area contributed by atoms with Gasteiger partial charge in [-0.3, -0.25) is 9.59 Å². The number of carbonyl (C=O) groups is 2. The molecule has 0 saturated carbocycles. The van der Waals surface area contributed by atoms with Crippen LogP contribution in [0.25, 0.3) is 0 Å². The monoisotopic (exact) mass is 343 g/mol. The van der Waals surface area contributed by atoms with E-state index in [-0.39, 0.29) is 24.4 Å². The van der Waals surface area contributed by atoms with Gasteiger partial charge in [-0.2, -0.15) is 0 Å². The van der Waals surface area contributed by atoms with Crippen LogP contribution in [0.5, 0.6) is 0 Å². The van der Waals surface area contributed by atoms with E-state index >= 15 is 0 Å². The lowest BCUT2D eigenvalue weighted by atomic mass is 10.0. The predicted molar refractivity (Wildman–Crippen MR) is 88.5 cm³/mol. The van der Waals surface area contributed by atoms with Gasteiger partial charge in [0, 0.05) is 31.1 Å². The van der Waals surface area contributed by atoms with E-state index in [0.717, 1.165) is 25.1 Å². The molecule has 0 unspecified atom stereocenters. The molecule has 0 radical (unpaired) electrons. The molecule has 1 aliphatic heterocycles. The van der Waals surface area contributed by atoms with Crippen molar-refractivity contribution in [1.29, 1.82) is 0 Å². The summed E-state index contributed by atoms with van der Waals surface area (Å²) in [6.45, 7) is 2.97. The van der Waals surface area contributed by atoms with Crippen LogP contribution in [0, 0.1) is 0 Å². The fraction of sp³-hybridized carbons (Fsp3) is 0.467. The van der Waals surface area contributed by atoms with Gasteiger partial charge in [0.05, 0.1) is 17.3 Å².